The molecule has 0 saturated carbocycles. The first-order chi connectivity index (χ1) is 15.8. The largest absolute Gasteiger partial charge is 0.455 e. The van der Waals surface area contributed by atoms with Gasteiger partial charge in [0.05, 0.1) is 12.6 Å². The van der Waals surface area contributed by atoms with E-state index in [9.17, 15) is 4.79 Å². The summed E-state index contributed by atoms with van der Waals surface area (Å²) in [5.41, 5.74) is 3.27. The van der Waals surface area contributed by atoms with Crippen molar-refractivity contribution in [3.05, 3.63) is 90.4 Å². The standard InChI is InChI=1S/C26H26N4O2/c31-26(16-21-17-28-24-9-3-2-8-23(21)24)30-14-12-29(13-15-30)19-20-6-1-4-10-25(20)32-22-7-5-11-27-18-22/h1-11,17-18,28H,12-16,19H2. The highest BCUT2D eigenvalue weighted by Gasteiger charge is 2.22. The topological polar surface area (TPSA) is 61.5 Å². The molecular weight excluding hydrogens is 400 g/mol. The number of aromatic amines is 1. The average Bonchev–Trinajstić information content (AvgIpc) is 3.24. The molecule has 1 aliphatic heterocycles. The van der Waals surface area contributed by atoms with E-state index in [1.54, 1.807) is 12.4 Å². The zero-order valence-corrected chi connectivity index (χ0v) is 17.9. The minimum absolute atomic E-state index is 0.190. The molecule has 0 radical (unpaired) electrons. The van der Waals surface area contributed by atoms with E-state index in [-0.39, 0.29) is 5.91 Å². The zero-order valence-electron chi connectivity index (χ0n) is 17.9. The minimum atomic E-state index is 0.190. The summed E-state index contributed by atoms with van der Waals surface area (Å²) in [5.74, 6) is 1.76. The Hall–Kier alpha value is -3.64. The molecule has 0 unspecified atom stereocenters. The van der Waals surface area contributed by atoms with Crippen molar-refractivity contribution in [2.24, 2.45) is 0 Å². The fourth-order valence-corrected chi connectivity index (χ4v) is 4.22. The SMILES string of the molecule is O=C(Cc1c[nH]c2ccccc12)N1CCN(Cc2ccccc2Oc2cccnc2)CC1. The first-order valence-electron chi connectivity index (χ1n) is 11.0. The Balaban J connectivity index is 1.18. The number of hydrogen-bond donors (Lipinski definition) is 1. The predicted molar refractivity (Wildman–Crippen MR) is 125 cm³/mol. The van der Waals surface area contributed by atoms with Crippen LogP contribution in [-0.2, 0) is 17.8 Å². The number of fused-ring (bicyclic) bond motifs is 1. The molecule has 0 aliphatic carbocycles. The number of rotatable bonds is 6. The second kappa shape index (κ2) is 9.24. The Morgan fingerprint density at radius 2 is 1.75 bits per heavy atom. The maximum Gasteiger partial charge on any atom is 0.227 e. The highest BCUT2D eigenvalue weighted by Crippen LogP contribution is 2.26. The Morgan fingerprint density at radius 1 is 0.938 bits per heavy atom. The molecule has 4 aromatic rings. The van der Waals surface area contributed by atoms with E-state index in [2.05, 4.69) is 27.0 Å². The van der Waals surface area contributed by atoms with Gasteiger partial charge in [0.2, 0.25) is 5.91 Å². The van der Waals surface area contributed by atoms with Crippen LogP contribution in [0.1, 0.15) is 11.1 Å². The van der Waals surface area contributed by atoms with E-state index in [0.717, 1.165) is 66.3 Å². The Kier molecular flexibility index (Phi) is 5.85. The van der Waals surface area contributed by atoms with Crippen LogP contribution in [-0.4, -0.2) is 51.9 Å². The second-order valence-electron chi connectivity index (χ2n) is 8.09. The van der Waals surface area contributed by atoms with Gasteiger partial charge in [0.15, 0.2) is 0 Å². The molecule has 0 bridgehead atoms. The number of nitrogens with one attached hydrogen (secondary N) is 1. The lowest BCUT2D eigenvalue weighted by Gasteiger charge is -2.35. The number of hydrogen-bond acceptors (Lipinski definition) is 4. The van der Waals surface area contributed by atoms with E-state index in [4.69, 9.17) is 4.74 Å². The van der Waals surface area contributed by atoms with Gasteiger partial charge in [-0.1, -0.05) is 36.4 Å². The van der Waals surface area contributed by atoms with Gasteiger partial charge in [-0.2, -0.15) is 0 Å². The maximum absolute atomic E-state index is 12.9. The number of aromatic nitrogens is 2. The van der Waals surface area contributed by atoms with Crippen LogP contribution in [0.15, 0.2) is 79.3 Å². The molecule has 2 aromatic carbocycles. The smallest absolute Gasteiger partial charge is 0.227 e. The monoisotopic (exact) mass is 426 g/mol. The number of pyridine rings is 1. The van der Waals surface area contributed by atoms with Gasteiger partial charge in [0.25, 0.3) is 0 Å². The summed E-state index contributed by atoms with van der Waals surface area (Å²) in [6.07, 6.45) is 5.84. The summed E-state index contributed by atoms with van der Waals surface area (Å²) in [6.45, 7) is 3.97. The summed E-state index contributed by atoms with van der Waals surface area (Å²) in [4.78, 5) is 24.6. The number of H-pyrrole nitrogens is 1. The van der Waals surface area contributed by atoms with Crippen molar-refractivity contribution in [1.82, 2.24) is 19.8 Å². The molecular formula is C26H26N4O2. The Bertz CT molecular complexity index is 1200. The molecule has 162 valence electrons. The van der Waals surface area contributed by atoms with Crippen molar-refractivity contribution in [2.75, 3.05) is 26.2 Å². The predicted octanol–water partition coefficient (Wildman–Crippen LogP) is 4.24. The van der Waals surface area contributed by atoms with Crippen molar-refractivity contribution in [3.8, 4) is 11.5 Å². The first kappa shape index (κ1) is 20.3. The number of carbonyl (C=O) groups is 1. The zero-order chi connectivity index (χ0) is 21.8. The normalized spacial score (nSPS) is 14.6. The fourth-order valence-electron chi connectivity index (χ4n) is 4.22. The second-order valence-corrected chi connectivity index (χ2v) is 8.09. The molecule has 3 heterocycles. The summed E-state index contributed by atoms with van der Waals surface area (Å²) >= 11 is 0. The van der Waals surface area contributed by atoms with Crippen LogP contribution in [0.5, 0.6) is 11.5 Å². The average molecular weight is 427 g/mol. The van der Waals surface area contributed by atoms with Gasteiger partial charge in [0, 0.05) is 61.6 Å². The van der Waals surface area contributed by atoms with Crippen molar-refractivity contribution in [3.63, 3.8) is 0 Å². The minimum Gasteiger partial charge on any atom is -0.455 e. The lowest BCUT2D eigenvalue weighted by molar-refractivity contribution is -0.132. The van der Waals surface area contributed by atoms with Gasteiger partial charge in [-0.15, -0.1) is 0 Å². The molecule has 1 N–H and O–H groups in total. The summed E-state index contributed by atoms with van der Waals surface area (Å²) in [6, 6.07) is 20.0. The summed E-state index contributed by atoms with van der Waals surface area (Å²) in [7, 11) is 0. The fraction of sp³-hybridized carbons (Fsp3) is 0.231. The van der Waals surface area contributed by atoms with Crippen LogP contribution in [0.4, 0.5) is 0 Å². The molecule has 1 aliphatic rings. The summed E-state index contributed by atoms with van der Waals surface area (Å²) < 4.78 is 6.05. The third-order valence-corrected chi connectivity index (χ3v) is 5.97. The van der Waals surface area contributed by atoms with Gasteiger partial charge in [0.1, 0.15) is 11.5 Å². The van der Waals surface area contributed by atoms with Crippen LogP contribution < -0.4 is 4.74 Å². The van der Waals surface area contributed by atoms with E-state index >= 15 is 0 Å². The molecule has 0 spiro atoms. The number of piperazine rings is 1. The van der Waals surface area contributed by atoms with Crippen LogP contribution in [0, 0.1) is 0 Å². The van der Waals surface area contributed by atoms with Crippen molar-refractivity contribution in [1.29, 1.82) is 0 Å². The lowest BCUT2D eigenvalue weighted by Crippen LogP contribution is -2.48. The van der Waals surface area contributed by atoms with Crippen molar-refractivity contribution < 1.29 is 9.53 Å². The van der Waals surface area contributed by atoms with Gasteiger partial charge < -0.3 is 14.6 Å². The van der Waals surface area contributed by atoms with E-state index in [1.807, 2.05) is 59.6 Å². The highest BCUT2D eigenvalue weighted by atomic mass is 16.5. The molecule has 6 heteroatoms. The van der Waals surface area contributed by atoms with Crippen molar-refractivity contribution >= 4 is 16.8 Å². The number of amides is 1. The molecule has 32 heavy (non-hydrogen) atoms. The van der Waals surface area contributed by atoms with Gasteiger partial charge in [-0.05, 0) is 29.8 Å². The van der Waals surface area contributed by atoms with Crippen LogP contribution in [0.2, 0.25) is 0 Å². The highest BCUT2D eigenvalue weighted by molar-refractivity contribution is 5.88. The van der Waals surface area contributed by atoms with Crippen LogP contribution in [0.3, 0.4) is 0 Å². The summed E-state index contributed by atoms with van der Waals surface area (Å²) in [5, 5.41) is 1.13. The number of nitrogens with zero attached hydrogens (tertiary/aromatic N) is 3. The lowest BCUT2D eigenvalue weighted by atomic mass is 10.1. The molecule has 6 nitrogen and oxygen atoms in total. The third kappa shape index (κ3) is 4.50. The molecule has 1 saturated heterocycles. The van der Waals surface area contributed by atoms with E-state index < -0.39 is 0 Å². The number of benzene rings is 2. The molecule has 1 fully saturated rings. The number of carbonyl (C=O) groups excluding carboxylic acids is 1. The van der Waals surface area contributed by atoms with Gasteiger partial charge in [-0.3, -0.25) is 14.7 Å². The maximum atomic E-state index is 12.9. The molecule has 2 aromatic heterocycles. The van der Waals surface area contributed by atoms with Crippen molar-refractivity contribution in [2.45, 2.75) is 13.0 Å². The number of para-hydroxylation sites is 2. The van der Waals surface area contributed by atoms with Gasteiger partial charge in [-0.25, -0.2) is 0 Å². The Morgan fingerprint density at radius 3 is 2.59 bits per heavy atom. The van der Waals surface area contributed by atoms with E-state index in [1.165, 1.54) is 0 Å². The molecule has 0 atom stereocenters. The van der Waals surface area contributed by atoms with E-state index in [0.29, 0.717) is 6.42 Å². The number of ether oxygens (including phenoxy) is 1. The van der Waals surface area contributed by atoms with Gasteiger partial charge >= 0.3 is 0 Å². The first-order valence-corrected chi connectivity index (χ1v) is 11.0. The van der Waals surface area contributed by atoms with Crippen LogP contribution >= 0.6 is 0 Å². The Labute approximate surface area is 187 Å². The molecule has 5 rings (SSSR count). The van der Waals surface area contributed by atoms with Crippen LogP contribution in [0.25, 0.3) is 10.9 Å². The molecule has 1 amide bonds. The third-order valence-electron chi connectivity index (χ3n) is 5.97. The quantitative estimate of drug-likeness (QED) is 0.501.